The van der Waals surface area contributed by atoms with Crippen molar-refractivity contribution in [3.63, 3.8) is 0 Å². The van der Waals surface area contributed by atoms with Gasteiger partial charge < -0.3 is 15.6 Å². The van der Waals surface area contributed by atoms with Crippen molar-refractivity contribution in [1.82, 2.24) is 0 Å². The molecule has 0 fully saturated rings. The second kappa shape index (κ2) is 3.74. The largest absolute Gasteiger partial charge is 0.504 e. The number of ether oxygens (including phenoxy) is 1. The van der Waals surface area contributed by atoms with Crippen LogP contribution in [0.4, 0.5) is 0 Å². The first-order chi connectivity index (χ1) is 6.79. The molecule has 1 rings (SSSR count). The molecule has 0 aliphatic carbocycles. The Morgan fingerprint density at radius 3 is 2.20 bits per heavy atom. The van der Waals surface area contributed by atoms with Crippen LogP contribution in [-0.2, 0) is 5.54 Å². The van der Waals surface area contributed by atoms with Crippen molar-refractivity contribution >= 4 is 0 Å². The highest BCUT2D eigenvalue weighted by atomic mass is 16.5. The molecule has 0 unspecified atom stereocenters. The molecule has 0 saturated heterocycles. The Balaban J connectivity index is 3.48. The van der Waals surface area contributed by atoms with Crippen molar-refractivity contribution in [2.45, 2.75) is 33.2 Å². The third-order valence-corrected chi connectivity index (χ3v) is 2.72. The number of methoxy groups -OCH3 is 1. The summed E-state index contributed by atoms with van der Waals surface area (Å²) in [6.07, 6.45) is 0. The molecular formula is C12H19NO2. The van der Waals surface area contributed by atoms with Crippen LogP contribution in [-0.4, -0.2) is 12.2 Å². The lowest BCUT2D eigenvalue weighted by Gasteiger charge is -2.24. The lowest BCUT2D eigenvalue weighted by atomic mass is 9.88. The van der Waals surface area contributed by atoms with Crippen LogP contribution in [0, 0.1) is 13.8 Å². The lowest BCUT2D eigenvalue weighted by molar-refractivity contribution is 0.368. The van der Waals surface area contributed by atoms with E-state index in [1.807, 2.05) is 27.7 Å². The fraction of sp³-hybridized carbons (Fsp3) is 0.500. The van der Waals surface area contributed by atoms with E-state index in [2.05, 4.69) is 0 Å². The standard InChI is InChI=1S/C12H19NO2/c1-7-8(2)11(15-5)10(14)6-9(7)12(3,4)13/h6,14H,13H2,1-5H3. The minimum Gasteiger partial charge on any atom is -0.504 e. The van der Waals surface area contributed by atoms with E-state index in [4.69, 9.17) is 10.5 Å². The van der Waals surface area contributed by atoms with Crippen LogP contribution in [0.15, 0.2) is 6.07 Å². The van der Waals surface area contributed by atoms with Crippen molar-refractivity contribution in [1.29, 1.82) is 0 Å². The van der Waals surface area contributed by atoms with Gasteiger partial charge in [-0.15, -0.1) is 0 Å². The zero-order valence-corrected chi connectivity index (χ0v) is 10.0. The maximum Gasteiger partial charge on any atom is 0.163 e. The van der Waals surface area contributed by atoms with Crippen LogP contribution < -0.4 is 10.5 Å². The summed E-state index contributed by atoms with van der Waals surface area (Å²) in [6.45, 7) is 7.74. The number of nitrogens with two attached hydrogens (primary N) is 1. The molecular weight excluding hydrogens is 190 g/mol. The number of aromatic hydroxyl groups is 1. The predicted octanol–water partition coefficient (Wildman–Crippen LogP) is 2.21. The molecule has 3 heteroatoms. The normalized spacial score (nSPS) is 11.6. The van der Waals surface area contributed by atoms with E-state index >= 15 is 0 Å². The predicted molar refractivity (Wildman–Crippen MR) is 61.3 cm³/mol. The monoisotopic (exact) mass is 209 g/mol. The Morgan fingerprint density at radius 1 is 1.27 bits per heavy atom. The third-order valence-electron chi connectivity index (χ3n) is 2.72. The van der Waals surface area contributed by atoms with Crippen LogP contribution in [0.3, 0.4) is 0 Å². The molecule has 1 aromatic rings. The second-order valence-corrected chi connectivity index (χ2v) is 4.45. The van der Waals surface area contributed by atoms with Crippen LogP contribution in [0.25, 0.3) is 0 Å². The highest BCUT2D eigenvalue weighted by Crippen LogP contribution is 2.37. The van der Waals surface area contributed by atoms with Gasteiger partial charge in [0.05, 0.1) is 7.11 Å². The minimum atomic E-state index is -0.460. The van der Waals surface area contributed by atoms with Crippen LogP contribution >= 0.6 is 0 Å². The molecule has 0 heterocycles. The van der Waals surface area contributed by atoms with Gasteiger partial charge in [0.25, 0.3) is 0 Å². The molecule has 0 amide bonds. The van der Waals surface area contributed by atoms with Crippen molar-refractivity contribution in [2.75, 3.05) is 7.11 Å². The molecule has 0 aliphatic heterocycles. The van der Waals surface area contributed by atoms with Gasteiger partial charge in [-0.2, -0.15) is 0 Å². The number of rotatable bonds is 2. The Hall–Kier alpha value is -1.22. The molecule has 0 aromatic heterocycles. The molecule has 0 saturated carbocycles. The van der Waals surface area contributed by atoms with Gasteiger partial charge >= 0.3 is 0 Å². The molecule has 0 aliphatic rings. The molecule has 15 heavy (non-hydrogen) atoms. The van der Waals surface area contributed by atoms with Gasteiger partial charge in [0, 0.05) is 5.54 Å². The lowest BCUT2D eigenvalue weighted by Crippen LogP contribution is -2.29. The van der Waals surface area contributed by atoms with Gasteiger partial charge in [0.1, 0.15) is 0 Å². The molecule has 1 aromatic carbocycles. The summed E-state index contributed by atoms with van der Waals surface area (Å²) in [7, 11) is 1.55. The molecule has 0 spiro atoms. The molecule has 3 nitrogen and oxygen atoms in total. The third kappa shape index (κ3) is 2.07. The highest BCUT2D eigenvalue weighted by Gasteiger charge is 2.21. The summed E-state index contributed by atoms with van der Waals surface area (Å²) >= 11 is 0. The summed E-state index contributed by atoms with van der Waals surface area (Å²) in [5, 5.41) is 9.78. The van der Waals surface area contributed by atoms with E-state index in [9.17, 15) is 5.11 Å². The minimum absolute atomic E-state index is 0.147. The SMILES string of the molecule is COc1c(O)cc(C(C)(C)N)c(C)c1C. The molecule has 0 bridgehead atoms. The average Bonchev–Trinajstić information content (AvgIpc) is 2.10. The Kier molecular flexibility index (Phi) is 2.95. The Bertz CT molecular complexity index is 378. The maximum absolute atomic E-state index is 9.78. The summed E-state index contributed by atoms with van der Waals surface area (Å²) in [5.41, 5.74) is 8.52. The molecule has 0 radical (unpaired) electrons. The highest BCUT2D eigenvalue weighted by molar-refractivity contribution is 5.54. The maximum atomic E-state index is 9.78. The summed E-state index contributed by atoms with van der Waals surface area (Å²) in [6, 6.07) is 1.68. The van der Waals surface area contributed by atoms with Gasteiger partial charge in [-0.25, -0.2) is 0 Å². The molecule has 3 N–H and O–H groups in total. The van der Waals surface area contributed by atoms with E-state index in [0.717, 1.165) is 16.7 Å². The van der Waals surface area contributed by atoms with Crippen molar-refractivity contribution in [2.24, 2.45) is 5.73 Å². The van der Waals surface area contributed by atoms with E-state index in [1.54, 1.807) is 13.2 Å². The van der Waals surface area contributed by atoms with Gasteiger partial charge in [-0.05, 0) is 50.5 Å². The smallest absolute Gasteiger partial charge is 0.163 e. The summed E-state index contributed by atoms with van der Waals surface area (Å²) in [5.74, 6) is 0.676. The van der Waals surface area contributed by atoms with E-state index < -0.39 is 5.54 Å². The fourth-order valence-electron chi connectivity index (χ4n) is 1.80. The Morgan fingerprint density at radius 2 is 1.80 bits per heavy atom. The second-order valence-electron chi connectivity index (χ2n) is 4.45. The number of hydrogen-bond donors (Lipinski definition) is 2. The van der Waals surface area contributed by atoms with Crippen LogP contribution in [0.1, 0.15) is 30.5 Å². The fourth-order valence-corrected chi connectivity index (χ4v) is 1.80. The first-order valence-electron chi connectivity index (χ1n) is 4.95. The van der Waals surface area contributed by atoms with E-state index in [0.29, 0.717) is 5.75 Å². The number of phenolic OH excluding ortho intramolecular Hbond substituents is 1. The van der Waals surface area contributed by atoms with Gasteiger partial charge in [-0.3, -0.25) is 0 Å². The van der Waals surface area contributed by atoms with Crippen LogP contribution in [0.2, 0.25) is 0 Å². The van der Waals surface area contributed by atoms with Gasteiger partial charge in [0.2, 0.25) is 0 Å². The molecule has 0 atom stereocenters. The van der Waals surface area contributed by atoms with Crippen LogP contribution in [0.5, 0.6) is 11.5 Å². The van der Waals surface area contributed by atoms with Gasteiger partial charge in [0.15, 0.2) is 11.5 Å². The van der Waals surface area contributed by atoms with Gasteiger partial charge in [-0.1, -0.05) is 0 Å². The van der Waals surface area contributed by atoms with Crippen molar-refractivity contribution in [3.8, 4) is 11.5 Å². The summed E-state index contributed by atoms with van der Waals surface area (Å²) in [4.78, 5) is 0. The first kappa shape index (κ1) is 11.9. The zero-order valence-electron chi connectivity index (χ0n) is 10.0. The van der Waals surface area contributed by atoms with E-state index in [-0.39, 0.29) is 5.75 Å². The average molecular weight is 209 g/mol. The Labute approximate surface area is 90.9 Å². The molecule has 84 valence electrons. The number of benzene rings is 1. The first-order valence-corrected chi connectivity index (χ1v) is 4.95. The summed E-state index contributed by atoms with van der Waals surface area (Å²) < 4.78 is 5.13. The number of phenols is 1. The zero-order chi connectivity index (χ0) is 11.8. The number of hydrogen-bond acceptors (Lipinski definition) is 3. The topological polar surface area (TPSA) is 55.5 Å². The van der Waals surface area contributed by atoms with E-state index in [1.165, 1.54) is 0 Å². The van der Waals surface area contributed by atoms with Crippen molar-refractivity contribution in [3.05, 3.63) is 22.8 Å². The van der Waals surface area contributed by atoms with Crippen molar-refractivity contribution < 1.29 is 9.84 Å². The quantitative estimate of drug-likeness (QED) is 0.785.